The lowest BCUT2D eigenvalue weighted by Gasteiger charge is -2.22. The second-order valence-corrected chi connectivity index (χ2v) is 5.92. The monoisotopic (exact) mass is 365 g/mol. The van der Waals surface area contributed by atoms with Crippen LogP contribution in [0.1, 0.15) is 28.8 Å². The fourth-order valence-corrected chi connectivity index (χ4v) is 2.68. The minimum absolute atomic E-state index is 0.0938. The van der Waals surface area contributed by atoms with Gasteiger partial charge in [0, 0.05) is 24.7 Å². The Morgan fingerprint density at radius 3 is 2.76 bits per heavy atom. The lowest BCUT2D eigenvalue weighted by Crippen LogP contribution is -2.35. The van der Waals surface area contributed by atoms with Crippen molar-refractivity contribution in [2.24, 2.45) is 0 Å². The molecule has 0 N–H and O–H groups in total. The predicted octanol–water partition coefficient (Wildman–Crippen LogP) is 3.72. The molecule has 0 spiro atoms. The van der Waals surface area contributed by atoms with Gasteiger partial charge in [-0.25, -0.2) is 0 Å². The van der Waals surface area contributed by atoms with E-state index in [4.69, 9.17) is 4.74 Å². The predicted molar refractivity (Wildman–Crippen MR) is 75.1 cm³/mol. The minimum Gasteiger partial charge on any atom is -0.376 e. The van der Waals surface area contributed by atoms with Crippen molar-refractivity contribution in [2.45, 2.75) is 25.1 Å². The first kappa shape index (κ1) is 16.3. The molecule has 21 heavy (non-hydrogen) atoms. The normalized spacial score (nSPS) is 18.8. The smallest absolute Gasteiger partial charge is 0.376 e. The molecule has 1 unspecified atom stereocenters. The molecule has 0 radical (unpaired) electrons. The van der Waals surface area contributed by atoms with Gasteiger partial charge < -0.3 is 9.64 Å². The fourth-order valence-electron chi connectivity index (χ4n) is 2.32. The molecule has 0 bridgehead atoms. The van der Waals surface area contributed by atoms with Gasteiger partial charge in [0.05, 0.1) is 17.2 Å². The van der Waals surface area contributed by atoms with Crippen molar-refractivity contribution < 1.29 is 22.7 Å². The highest BCUT2D eigenvalue weighted by Gasteiger charge is 2.36. The first-order chi connectivity index (χ1) is 9.79. The van der Waals surface area contributed by atoms with Gasteiger partial charge >= 0.3 is 6.18 Å². The van der Waals surface area contributed by atoms with E-state index in [9.17, 15) is 18.0 Å². The quantitative estimate of drug-likeness (QED) is 0.816. The number of hydrogen-bond acceptors (Lipinski definition) is 2. The van der Waals surface area contributed by atoms with Crippen LogP contribution >= 0.6 is 15.9 Å². The molecule has 2 rings (SSSR count). The Labute approximate surface area is 129 Å². The number of rotatable bonds is 3. The number of alkyl halides is 3. The maximum absolute atomic E-state index is 13.0. The van der Waals surface area contributed by atoms with E-state index in [2.05, 4.69) is 15.9 Å². The summed E-state index contributed by atoms with van der Waals surface area (Å²) in [4.78, 5) is 13.6. The Bertz CT molecular complexity index is 527. The molecular weight excluding hydrogens is 351 g/mol. The standard InChI is InChI=1S/C14H15BrF3NO2/c1-19(8-10-3-2-6-21-10)13(20)11-5-4-9(15)7-12(11)14(16,17)18/h4-5,7,10H,2-3,6,8H2,1H3. The first-order valence-corrected chi connectivity index (χ1v) is 7.32. The molecule has 1 aromatic carbocycles. The van der Waals surface area contributed by atoms with Crippen molar-refractivity contribution in [3.8, 4) is 0 Å². The van der Waals surface area contributed by atoms with Crippen molar-refractivity contribution >= 4 is 21.8 Å². The zero-order valence-electron chi connectivity index (χ0n) is 11.4. The molecule has 1 heterocycles. The zero-order chi connectivity index (χ0) is 15.6. The lowest BCUT2D eigenvalue weighted by atomic mass is 10.1. The average molecular weight is 366 g/mol. The van der Waals surface area contributed by atoms with E-state index >= 15 is 0 Å². The van der Waals surface area contributed by atoms with Crippen LogP contribution in [0.2, 0.25) is 0 Å². The third kappa shape index (κ3) is 3.97. The number of benzene rings is 1. The molecule has 0 aliphatic carbocycles. The van der Waals surface area contributed by atoms with Crippen LogP contribution in [-0.2, 0) is 10.9 Å². The summed E-state index contributed by atoms with van der Waals surface area (Å²) in [6, 6.07) is 3.55. The molecule has 0 saturated carbocycles. The van der Waals surface area contributed by atoms with E-state index in [1.165, 1.54) is 24.1 Å². The second-order valence-electron chi connectivity index (χ2n) is 5.01. The fraction of sp³-hybridized carbons (Fsp3) is 0.500. The van der Waals surface area contributed by atoms with Gasteiger partial charge in [-0.3, -0.25) is 4.79 Å². The van der Waals surface area contributed by atoms with Gasteiger partial charge in [-0.1, -0.05) is 15.9 Å². The van der Waals surface area contributed by atoms with Crippen LogP contribution < -0.4 is 0 Å². The molecule has 3 nitrogen and oxygen atoms in total. The van der Waals surface area contributed by atoms with Crippen LogP contribution in [0.3, 0.4) is 0 Å². The first-order valence-electron chi connectivity index (χ1n) is 6.53. The summed E-state index contributed by atoms with van der Waals surface area (Å²) < 4.78 is 44.8. The molecule has 1 aromatic rings. The molecule has 0 aromatic heterocycles. The largest absolute Gasteiger partial charge is 0.417 e. The number of halogens is 4. The van der Waals surface area contributed by atoms with Gasteiger partial charge in [-0.05, 0) is 31.0 Å². The van der Waals surface area contributed by atoms with Crippen molar-refractivity contribution in [3.05, 3.63) is 33.8 Å². The van der Waals surface area contributed by atoms with Crippen LogP contribution in [0.5, 0.6) is 0 Å². The third-order valence-electron chi connectivity index (χ3n) is 3.37. The minimum atomic E-state index is -4.57. The molecule has 7 heteroatoms. The highest BCUT2D eigenvalue weighted by Crippen LogP contribution is 2.34. The van der Waals surface area contributed by atoms with E-state index in [0.717, 1.165) is 18.9 Å². The topological polar surface area (TPSA) is 29.5 Å². The summed E-state index contributed by atoms with van der Waals surface area (Å²) in [5, 5.41) is 0. The Balaban J connectivity index is 2.21. The van der Waals surface area contributed by atoms with Crippen molar-refractivity contribution in [1.29, 1.82) is 0 Å². The number of nitrogens with zero attached hydrogens (tertiary/aromatic N) is 1. The maximum atomic E-state index is 13.0. The van der Waals surface area contributed by atoms with Gasteiger partial charge in [-0.2, -0.15) is 13.2 Å². The number of carbonyl (C=O) groups is 1. The zero-order valence-corrected chi connectivity index (χ0v) is 13.0. The van der Waals surface area contributed by atoms with E-state index in [0.29, 0.717) is 13.2 Å². The van der Waals surface area contributed by atoms with Crippen molar-refractivity contribution in [1.82, 2.24) is 4.90 Å². The summed E-state index contributed by atoms with van der Waals surface area (Å²) in [6.07, 6.45) is -2.92. The average Bonchev–Trinajstić information content (AvgIpc) is 2.89. The molecule has 1 amide bonds. The molecule has 1 fully saturated rings. The van der Waals surface area contributed by atoms with Gasteiger partial charge in [0.2, 0.25) is 0 Å². The third-order valence-corrected chi connectivity index (χ3v) is 3.86. The molecule has 1 saturated heterocycles. The Morgan fingerprint density at radius 1 is 1.48 bits per heavy atom. The maximum Gasteiger partial charge on any atom is 0.417 e. The number of amides is 1. The summed E-state index contributed by atoms with van der Waals surface area (Å²) in [7, 11) is 1.49. The number of carbonyl (C=O) groups excluding carboxylic acids is 1. The van der Waals surface area contributed by atoms with Crippen LogP contribution in [0.25, 0.3) is 0 Å². The van der Waals surface area contributed by atoms with Crippen molar-refractivity contribution in [3.63, 3.8) is 0 Å². The summed E-state index contributed by atoms with van der Waals surface area (Å²) >= 11 is 3.00. The van der Waals surface area contributed by atoms with Crippen molar-refractivity contribution in [2.75, 3.05) is 20.2 Å². The van der Waals surface area contributed by atoms with Crippen LogP contribution in [0.15, 0.2) is 22.7 Å². The van der Waals surface area contributed by atoms with Gasteiger partial charge in [0.15, 0.2) is 0 Å². The van der Waals surface area contributed by atoms with Gasteiger partial charge in [-0.15, -0.1) is 0 Å². The summed E-state index contributed by atoms with van der Waals surface area (Å²) in [6.45, 7) is 0.935. The summed E-state index contributed by atoms with van der Waals surface area (Å²) in [5.41, 5.74) is -1.27. The Hall–Kier alpha value is -1.08. The Kier molecular flexibility index (Phi) is 4.93. The highest BCUT2D eigenvalue weighted by atomic mass is 79.9. The SMILES string of the molecule is CN(CC1CCCO1)C(=O)c1ccc(Br)cc1C(F)(F)F. The highest BCUT2D eigenvalue weighted by molar-refractivity contribution is 9.10. The van der Waals surface area contributed by atoms with E-state index in [-0.39, 0.29) is 16.1 Å². The lowest BCUT2D eigenvalue weighted by molar-refractivity contribution is -0.138. The van der Waals surface area contributed by atoms with Gasteiger partial charge in [0.25, 0.3) is 5.91 Å². The van der Waals surface area contributed by atoms with Crippen LogP contribution in [0, 0.1) is 0 Å². The van der Waals surface area contributed by atoms with Gasteiger partial charge in [0.1, 0.15) is 0 Å². The Morgan fingerprint density at radius 2 is 2.19 bits per heavy atom. The number of likely N-dealkylation sites (N-methyl/N-ethyl adjacent to an activating group) is 1. The van der Waals surface area contributed by atoms with E-state index < -0.39 is 17.6 Å². The number of hydrogen-bond donors (Lipinski definition) is 0. The van der Waals surface area contributed by atoms with E-state index in [1.807, 2.05) is 0 Å². The number of ether oxygens (including phenoxy) is 1. The van der Waals surface area contributed by atoms with Crippen LogP contribution in [0.4, 0.5) is 13.2 Å². The molecular formula is C14H15BrF3NO2. The molecule has 1 aliphatic rings. The molecule has 1 atom stereocenters. The molecule has 1 aliphatic heterocycles. The summed E-state index contributed by atoms with van der Waals surface area (Å²) in [5.74, 6) is -0.648. The van der Waals surface area contributed by atoms with Crippen LogP contribution in [-0.4, -0.2) is 37.1 Å². The molecule has 116 valence electrons. The van der Waals surface area contributed by atoms with E-state index in [1.54, 1.807) is 0 Å². The second kappa shape index (κ2) is 6.36.